The van der Waals surface area contributed by atoms with Crippen molar-refractivity contribution in [2.45, 2.75) is 20.8 Å². The van der Waals surface area contributed by atoms with Crippen molar-refractivity contribution in [2.75, 3.05) is 11.9 Å². The van der Waals surface area contributed by atoms with Crippen molar-refractivity contribution in [1.82, 2.24) is 0 Å². The smallest absolute Gasteiger partial charge is 0.262 e. The van der Waals surface area contributed by atoms with E-state index in [1.807, 2.05) is 32.9 Å². The Balaban J connectivity index is 1.97. The zero-order valence-electron chi connectivity index (χ0n) is 12.4. The number of ether oxygens (including phenoxy) is 1. The number of amides is 1. The molecule has 0 unspecified atom stereocenters. The van der Waals surface area contributed by atoms with Crippen LogP contribution in [0.15, 0.2) is 36.4 Å². The monoisotopic (exact) mass is 303 g/mol. The van der Waals surface area contributed by atoms with Gasteiger partial charge >= 0.3 is 0 Å². The van der Waals surface area contributed by atoms with Crippen molar-refractivity contribution in [3.8, 4) is 5.75 Å². The highest BCUT2D eigenvalue weighted by molar-refractivity contribution is 6.30. The summed E-state index contributed by atoms with van der Waals surface area (Å²) in [6, 6.07) is 11.0. The van der Waals surface area contributed by atoms with Gasteiger partial charge in [-0.1, -0.05) is 29.3 Å². The first-order valence-electron chi connectivity index (χ1n) is 6.72. The van der Waals surface area contributed by atoms with Crippen LogP contribution in [-0.4, -0.2) is 12.5 Å². The van der Waals surface area contributed by atoms with E-state index in [9.17, 15) is 4.79 Å². The fourth-order valence-corrected chi connectivity index (χ4v) is 2.36. The lowest BCUT2D eigenvalue weighted by molar-refractivity contribution is -0.118. The van der Waals surface area contributed by atoms with E-state index in [0.717, 1.165) is 16.8 Å². The van der Waals surface area contributed by atoms with Crippen LogP contribution in [0, 0.1) is 20.8 Å². The third-order valence-corrected chi connectivity index (χ3v) is 3.38. The summed E-state index contributed by atoms with van der Waals surface area (Å²) in [7, 11) is 0. The van der Waals surface area contributed by atoms with Crippen LogP contribution in [0.1, 0.15) is 16.7 Å². The molecule has 1 N–H and O–H groups in total. The number of benzene rings is 2. The second-order valence-electron chi connectivity index (χ2n) is 5.06. The molecule has 2 rings (SSSR count). The minimum Gasteiger partial charge on any atom is -0.484 e. The molecule has 2 aromatic carbocycles. The van der Waals surface area contributed by atoms with E-state index in [2.05, 4.69) is 5.32 Å². The van der Waals surface area contributed by atoms with Gasteiger partial charge in [-0.25, -0.2) is 0 Å². The number of hydrogen-bond acceptors (Lipinski definition) is 2. The predicted molar refractivity (Wildman–Crippen MR) is 86.2 cm³/mol. The van der Waals surface area contributed by atoms with Gasteiger partial charge in [-0.3, -0.25) is 4.79 Å². The molecule has 0 saturated heterocycles. The number of rotatable bonds is 4. The average Bonchev–Trinajstić information content (AvgIpc) is 2.42. The molecule has 0 aliphatic rings. The first-order valence-corrected chi connectivity index (χ1v) is 7.09. The molecule has 0 radical (unpaired) electrons. The summed E-state index contributed by atoms with van der Waals surface area (Å²) in [6.45, 7) is 5.97. The van der Waals surface area contributed by atoms with E-state index < -0.39 is 0 Å². The number of carbonyl (C=O) groups is 1. The summed E-state index contributed by atoms with van der Waals surface area (Å²) >= 11 is 5.79. The fourth-order valence-electron chi connectivity index (χ4n) is 2.23. The highest BCUT2D eigenvalue weighted by atomic mass is 35.5. The van der Waals surface area contributed by atoms with Crippen LogP contribution in [-0.2, 0) is 4.79 Å². The number of halogens is 1. The van der Waals surface area contributed by atoms with Gasteiger partial charge in [0.15, 0.2) is 6.61 Å². The average molecular weight is 304 g/mol. The molecule has 0 aliphatic carbocycles. The zero-order chi connectivity index (χ0) is 15.4. The van der Waals surface area contributed by atoms with E-state index in [1.165, 1.54) is 5.56 Å². The molecule has 110 valence electrons. The van der Waals surface area contributed by atoms with Gasteiger partial charge < -0.3 is 10.1 Å². The minimum atomic E-state index is -0.181. The third-order valence-electron chi connectivity index (χ3n) is 3.13. The summed E-state index contributed by atoms with van der Waals surface area (Å²) in [5.41, 5.74) is 4.13. The van der Waals surface area contributed by atoms with Gasteiger partial charge in [-0.2, -0.15) is 0 Å². The molecule has 3 nitrogen and oxygen atoms in total. The molecule has 0 heterocycles. The Hall–Kier alpha value is -2.00. The topological polar surface area (TPSA) is 38.3 Å². The Bertz CT molecular complexity index is 627. The molecule has 0 aromatic heterocycles. The largest absolute Gasteiger partial charge is 0.484 e. The van der Waals surface area contributed by atoms with E-state index >= 15 is 0 Å². The summed E-state index contributed by atoms with van der Waals surface area (Å²) in [5.74, 6) is 0.437. The van der Waals surface area contributed by atoms with Gasteiger partial charge in [0.2, 0.25) is 0 Å². The van der Waals surface area contributed by atoms with Gasteiger partial charge in [0.05, 0.1) is 0 Å². The van der Waals surface area contributed by atoms with Crippen LogP contribution in [0.2, 0.25) is 5.02 Å². The maximum atomic E-state index is 12.0. The van der Waals surface area contributed by atoms with Crippen molar-refractivity contribution in [3.63, 3.8) is 0 Å². The minimum absolute atomic E-state index is 0.0333. The second kappa shape index (κ2) is 6.64. The fraction of sp³-hybridized carbons (Fsp3) is 0.235. The molecule has 4 heteroatoms. The van der Waals surface area contributed by atoms with Crippen molar-refractivity contribution < 1.29 is 9.53 Å². The van der Waals surface area contributed by atoms with Gasteiger partial charge in [0, 0.05) is 10.7 Å². The Labute approximate surface area is 129 Å². The Morgan fingerprint density at radius 2 is 1.67 bits per heavy atom. The molecule has 0 spiro atoms. The Morgan fingerprint density at radius 3 is 2.24 bits per heavy atom. The van der Waals surface area contributed by atoms with Gasteiger partial charge in [-0.05, 0) is 56.2 Å². The standard InChI is InChI=1S/C17H18ClNO2/c1-11-8-12(2)17(13(3)9-11)19-16(20)10-21-15-6-4-14(18)5-7-15/h4-9H,10H2,1-3H3,(H,19,20). The predicted octanol–water partition coefficient (Wildman–Crippen LogP) is 4.28. The summed E-state index contributed by atoms with van der Waals surface area (Å²) in [5, 5.41) is 3.53. The van der Waals surface area contributed by atoms with E-state index in [1.54, 1.807) is 24.3 Å². The van der Waals surface area contributed by atoms with E-state index in [4.69, 9.17) is 16.3 Å². The molecular weight excluding hydrogens is 286 g/mol. The number of carbonyl (C=O) groups excluding carboxylic acids is 1. The normalized spacial score (nSPS) is 10.3. The van der Waals surface area contributed by atoms with Gasteiger partial charge in [-0.15, -0.1) is 0 Å². The van der Waals surface area contributed by atoms with Crippen LogP contribution < -0.4 is 10.1 Å². The number of hydrogen-bond donors (Lipinski definition) is 1. The third kappa shape index (κ3) is 4.23. The molecule has 1 amide bonds. The lowest BCUT2D eigenvalue weighted by Crippen LogP contribution is -2.21. The number of nitrogens with one attached hydrogen (secondary N) is 1. The van der Waals surface area contributed by atoms with Crippen molar-refractivity contribution in [1.29, 1.82) is 0 Å². The van der Waals surface area contributed by atoms with Crippen LogP contribution in [0.5, 0.6) is 5.75 Å². The van der Waals surface area contributed by atoms with E-state index in [0.29, 0.717) is 10.8 Å². The molecule has 0 atom stereocenters. The first-order chi connectivity index (χ1) is 9.95. The first kappa shape index (κ1) is 15.4. The van der Waals surface area contributed by atoms with Gasteiger partial charge in [0.25, 0.3) is 5.91 Å². The quantitative estimate of drug-likeness (QED) is 0.915. The van der Waals surface area contributed by atoms with Crippen LogP contribution in [0.4, 0.5) is 5.69 Å². The maximum absolute atomic E-state index is 12.0. The molecule has 0 fully saturated rings. The van der Waals surface area contributed by atoms with Crippen LogP contribution in [0.25, 0.3) is 0 Å². The highest BCUT2D eigenvalue weighted by Gasteiger charge is 2.09. The Morgan fingerprint density at radius 1 is 1.10 bits per heavy atom. The van der Waals surface area contributed by atoms with E-state index in [-0.39, 0.29) is 12.5 Å². The summed E-state index contributed by atoms with van der Waals surface area (Å²) < 4.78 is 5.43. The van der Waals surface area contributed by atoms with Crippen molar-refractivity contribution in [2.24, 2.45) is 0 Å². The number of anilines is 1. The lowest BCUT2D eigenvalue weighted by atomic mass is 10.1. The summed E-state index contributed by atoms with van der Waals surface area (Å²) in [4.78, 5) is 12.0. The van der Waals surface area contributed by atoms with Gasteiger partial charge in [0.1, 0.15) is 5.75 Å². The second-order valence-corrected chi connectivity index (χ2v) is 5.50. The molecule has 0 bridgehead atoms. The lowest BCUT2D eigenvalue weighted by Gasteiger charge is -2.13. The number of aryl methyl sites for hydroxylation is 3. The molecule has 2 aromatic rings. The molecular formula is C17H18ClNO2. The van der Waals surface area contributed by atoms with Crippen molar-refractivity contribution >= 4 is 23.2 Å². The Kier molecular flexibility index (Phi) is 4.86. The zero-order valence-corrected chi connectivity index (χ0v) is 13.1. The SMILES string of the molecule is Cc1cc(C)c(NC(=O)COc2ccc(Cl)cc2)c(C)c1. The summed E-state index contributed by atoms with van der Waals surface area (Å²) in [6.07, 6.45) is 0. The molecule has 21 heavy (non-hydrogen) atoms. The highest BCUT2D eigenvalue weighted by Crippen LogP contribution is 2.22. The maximum Gasteiger partial charge on any atom is 0.262 e. The molecule has 0 saturated carbocycles. The van der Waals surface area contributed by atoms with Crippen LogP contribution in [0.3, 0.4) is 0 Å². The molecule has 0 aliphatic heterocycles. The van der Waals surface area contributed by atoms with Crippen LogP contribution >= 0.6 is 11.6 Å². The van der Waals surface area contributed by atoms with Crippen molar-refractivity contribution in [3.05, 3.63) is 58.1 Å².